The predicted molar refractivity (Wildman–Crippen MR) is 35.6 cm³/mol. The summed E-state index contributed by atoms with van der Waals surface area (Å²) in [5, 5.41) is 15.2. The van der Waals surface area contributed by atoms with E-state index in [4.69, 9.17) is 10.2 Å². The normalized spacial score (nSPS) is 9.75. The highest BCUT2D eigenvalue weighted by Gasteiger charge is 2.24. The Labute approximate surface area is 67.1 Å². The minimum Gasteiger partial charge on any atom is -0.478 e. The maximum absolute atomic E-state index is 10.5. The van der Waals surface area contributed by atoms with Crippen molar-refractivity contribution in [1.29, 1.82) is 0 Å². The molecule has 0 aromatic rings. The van der Waals surface area contributed by atoms with Crippen molar-refractivity contribution in [3.63, 3.8) is 0 Å². The molecule has 0 atom stereocenters. The second-order valence-corrected chi connectivity index (χ2v) is 1.86. The molecule has 0 unspecified atom stereocenters. The van der Waals surface area contributed by atoms with Gasteiger partial charge in [0.15, 0.2) is 0 Å². The monoisotopic (exact) mass is 186 g/mol. The molecule has 0 aliphatic rings. The van der Waals surface area contributed by atoms with Crippen LogP contribution in [0, 0.1) is 0 Å². The Bertz CT molecular complexity index is 150. The van der Waals surface area contributed by atoms with Gasteiger partial charge >= 0.3 is 12.1 Å². The molecule has 0 radical (unpaired) electrons. The lowest BCUT2D eigenvalue weighted by Crippen LogP contribution is -2.12. The average molecular weight is 186 g/mol. The van der Waals surface area contributed by atoms with Crippen LogP contribution >= 0.6 is 0 Å². The highest BCUT2D eigenvalue weighted by molar-refractivity contribution is 5.84. The molecular formula is C6H9F3O3. The van der Waals surface area contributed by atoms with Crippen LogP contribution in [0.5, 0.6) is 0 Å². The van der Waals surface area contributed by atoms with Crippen molar-refractivity contribution in [2.75, 3.05) is 6.61 Å². The Kier molecular flexibility index (Phi) is 6.31. The van der Waals surface area contributed by atoms with Crippen molar-refractivity contribution in [1.82, 2.24) is 0 Å². The second kappa shape index (κ2) is 5.59. The van der Waals surface area contributed by atoms with Crippen molar-refractivity contribution >= 4 is 5.97 Å². The van der Waals surface area contributed by atoms with Gasteiger partial charge in [0.05, 0.1) is 0 Å². The van der Waals surface area contributed by atoms with Gasteiger partial charge in [0.1, 0.15) is 6.61 Å². The molecule has 2 N–H and O–H groups in total. The smallest absolute Gasteiger partial charge is 0.411 e. The number of carboxylic acids is 1. The van der Waals surface area contributed by atoms with Gasteiger partial charge in [0.2, 0.25) is 0 Å². The molecule has 0 amide bonds. The number of carbonyl (C=O) groups is 1. The van der Waals surface area contributed by atoms with Crippen LogP contribution in [-0.4, -0.2) is 29.0 Å². The molecule has 0 aliphatic heterocycles. The van der Waals surface area contributed by atoms with Crippen molar-refractivity contribution < 1.29 is 28.2 Å². The first-order valence-corrected chi connectivity index (χ1v) is 2.77. The van der Waals surface area contributed by atoms with Gasteiger partial charge in [0.25, 0.3) is 0 Å². The van der Waals surface area contributed by atoms with Gasteiger partial charge in [-0.15, -0.1) is 0 Å². The van der Waals surface area contributed by atoms with E-state index in [-0.39, 0.29) is 5.57 Å². The van der Waals surface area contributed by atoms with Crippen molar-refractivity contribution in [3.05, 3.63) is 12.2 Å². The summed E-state index contributed by atoms with van der Waals surface area (Å²) in [7, 11) is 0. The first kappa shape index (κ1) is 13.5. The number of halogens is 3. The third-order valence-electron chi connectivity index (χ3n) is 0.544. The topological polar surface area (TPSA) is 57.5 Å². The molecule has 0 heterocycles. The number of carboxylic acid groups (broad SMARTS) is 1. The van der Waals surface area contributed by atoms with Gasteiger partial charge in [-0.05, 0) is 6.92 Å². The molecule has 0 aromatic heterocycles. The molecule has 12 heavy (non-hydrogen) atoms. The van der Waals surface area contributed by atoms with Gasteiger partial charge in [0, 0.05) is 5.57 Å². The maximum Gasteiger partial charge on any atom is 0.411 e. The molecule has 3 nitrogen and oxygen atoms in total. The van der Waals surface area contributed by atoms with Gasteiger partial charge in [-0.2, -0.15) is 13.2 Å². The van der Waals surface area contributed by atoms with Crippen LogP contribution in [0.3, 0.4) is 0 Å². The van der Waals surface area contributed by atoms with E-state index in [1.54, 1.807) is 0 Å². The van der Waals surface area contributed by atoms with Crippen LogP contribution in [0.1, 0.15) is 6.92 Å². The molecule has 0 bridgehead atoms. The van der Waals surface area contributed by atoms with Crippen LogP contribution in [0.25, 0.3) is 0 Å². The zero-order valence-electron chi connectivity index (χ0n) is 6.35. The third kappa shape index (κ3) is 16.0. The fourth-order valence-corrected chi connectivity index (χ4v) is 0. The molecule has 0 fully saturated rings. The number of alkyl halides is 3. The summed E-state index contributed by atoms with van der Waals surface area (Å²) in [5.74, 6) is -0.935. The maximum atomic E-state index is 10.5. The predicted octanol–water partition coefficient (Wildman–Crippen LogP) is 1.19. The molecule has 0 aliphatic carbocycles. The summed E-state index contributed by atoms with van der Waals surface area (Å²) >= 11 is 0. The molecule has 0 saturated carbocycles. The van der Waals surface area contributed by atoms with Gasteiger partial charge in [-0.1, -0.05) is 6.58 Å². The molecule has 72 valence electrons. The van der Waals surface area contributed by atoms with E-state index in [0.29, 0.717) is 0 Å². The third-order valence-corrected chi connectivity index (χ3v) is 0.544. The minimum absolute atomic E-state index is 0.176. The fraction of sp³-hybridized carbons (Fsp3) is 0.500. The van der Waals surface area contributed by atoms with E-state index in [1.165, 1.54) is 6.92 Å². The number of aliphatic hydroxyl groups excluding tert-OH is 1. The number of hydrogen-bond acceptors (Lipinski definition) is 2. The minimum atomic E-state index is -4.40. The second-order valence-electron chi connectivity index (χ2n) is 1.86. The average Bonchev–Trinajstić information content (AvgIpc) is 1.87. The molecular weight excluding hydrogens is 177 g/mol. The first-order valence-electron chi connectivity index (χ1n) is 2.77. The lowest BCUT2D eigenvalue weighted by atomic mass is 10.4. The fourth-order valence-electron chi connectivity index (χ4n) is 0. The summed E-state index contributed by atoms with van der Waals surface area (Å²) in [6.45, 7) is 2.87. The molecule has 0 spiro atoms. The van der Waals surface area contributed by atoms with Crippen LogP contribution in [0.15, 0.2) is 12.2 Å². The summed E-state index contributed by atoms with van der Waals surface area (Å²) in [6, 6.07) is 0. The molecule has 0 saturated heterocycles. The summed E-state index contributed by atoms with van der Waals surface area (Å²) in [6.07, 6.45) is -4.40. The van der Waals surface area contributed by atoms with E-state index >= 15 is 0 Å². The van der Waals surface area contributed by atoms with E-state index in [2.05, 4.69) is 6.58 Å². The Balaban J connectivity index is 0. The van der Waals surface area contributed by atoms with Crippen LogP contribution in [0.2, 0.25) is 0 Å². The Morgan fingerprint density at radius 3 is 1.67 bits per heavy atom. The standard InChI is InChI=1S/C4H6O2.C2H3F3O/c1-3(2)4(5)6;3-2(4,5)1-6/h1H2,2H3,(H,5,6);6H,1H2. The zero-order chi connectivity index (χ0) is 10.4. The molecule has 0 aromatic carbocycles. The van der Waals surface area contributed by atoms with Crippen molar-refractivity contribution in [2.24, 2.45) is 0 Å². The Morgan fingerprint density at radius 1 is 1.50 bits per heavy atom. The number of hydrogen-bond donors (Lipinski definition) is 2. The zero-order valence-corrected chi connectivity index (χ0v) is 6.35. The largest absolute Gasteiger partial charge is 0.478 e. The number of aliphatic hydroxyl groups is 1. The summed E-state index contributed by atoms with van der Waals surface area (Å²) < 4.78 is 31.6. The van der Waals surface area contributed by atoms with Crippen molar-refractivity contribution in [2.45, 2.75) is 13.1 Å². The number of rotatable bonds is 1. The summed E-state index contributed by atoms with van der Waals surface area (Å²) in [4.78, 5) is 9.60. The number of aliphatic carboxylic acids is 1. The van der Waals surface area contributed by atoms with Gasteiger partial charge in [-0.3, -0.25) is 0 Å². The molecule has 0 rings (SSSR count). The SMILES string of the molecule is C=C(C)C(=O)O.OCC(F)(F)F. The van der Waals surface area contributed by atoms with E-state index in [1.807, 2.05) is 0 Å². The highest BCUT2D eigenvalue weighted by Crippen LogP contribution is 2.11. The van der Waals surface area contributed by atoms with E-state index in [9.17, 15) is 18.0 Å². The molecule has 6 heteroatoms. The lowest BCUT2D eigenvalue weighted by Gasteiger charge is -1.95. The van der Waals surface area contributed by atoms with Gasteiger partial charge < -0.3 is 10.2 Å². The quantitative estimate of drug-likeness (QED) is 0.604. The lowest BCUT2D eigenvalue weighted by molar-refractivity contribution is -0.159. The van der Waals surface area contributed by atoms with Gasteiger partial charge in [-0.25, -0.2) is 4.79 Å². The van der Waals surface area contributed by atoms with Crippen molar-refractivity contribution in [3.8, 4) is 0 Å². The summed E-state index contributed by atoms with van der Waals surface area (Å²) in [5.41, 5.74) is 0.176. The highest BCUT2D eigenvalue weighted by atomic mass is 19.4. The van der Waals surface area contributed by atoms with E-state index < -0.39 is 18.8 Å². The van der Waals surface area contributed by atoms with Crippen LogP contribution in [-0.2, 0) is 4.79 Å². The van der Waals surface area contributed by atoms with Crippen LogP contribution in [0.4, 0.5) is 13.2 Å². The Morgan fingerprint density at radius 2 is 1.67 bits per heavy atom. The first-order chi connectivity index (χ1) is 5.20. The Hall–Kier alpha value is -1.04. The van der Waals surface area contributed by atoms with E-state index in [0.717, 1.165) is 0 Å². The van der Waals surface area contributed by atoms with Crippen LogP contribution < -0.4 is 0 Å².